The minimum Gasteiger partial charge on any atom is -0.337 e. The van der Waals surface area contributed by atoms with Crippen LogP contribution in [0, 0.1) is 6.92 Å². The van der Waals surface area contributed by atoms with Crippen molar-refractivity contribution in [3.8, 4) is 5.69 Å². The molecule has 0 aliphatic carbocycles. The van der Waals surface area contributed by atoms with Gasteiger partial charge >= 0.3 is 6.18 Å². The number of nitrogens with zero attached hydrogens (tertiary/aromatic N) is 5. The first kappa shape index (κ1) is 24.3. The molecule has 1 N–H and O–H groups in total. The van der Waals surface area contributed by atoms with E-state index in [4.69, 9.17) is 15.1 Å². The second-order valence-corrected chi connectivity index (χ2v) is 10.4. The zero-order valence-corrected chi connectivity index (χ0v) is 21.9. The summed E-state index contributed by atoms with van der Waals surface area (Å²) in [7, 11) is 0. The summed E-state index contributed by atoms with van der Waals surface area (Å²) in [6.07, 6.45) is -4.47. The number of fused-ring (bicyclic) bond motifs is 4. The Morgan fingerprint density at radius 3 is 2.45 bits per heavy atom. The van der Waals surface area contributed by atoms with Gasteiger partial charge in [-0.05, 0) is 60.8 Å². The smallest absolute Gasteiger partial charge is 0.337 e. The van der Waals surface area contributed by atoms with Crippen molar-refractivity contribution >= 4 is 45.9 Å². The van der Waals surface area contributed by atoms with Gasteiger partial charge in [0, 0.05) is 16.1 Å². The van der Waals surface area contributed by atoms with Crippen LogP contribution in [0.25, 0.3) is 5.69 Å². The predicted octanol–water partition coefficient (Wildman–Crippen LogP) is 8.06. The number of aliphatic imine (C=N–C) groups is 2. The summed E-state index contributed by atoms with van der Waals surface area (Å²) in [6.45, 7) is 1.98. The van der Waals surface area contributed by atoms with E-state index in [1.54, 1.807) is 17.4 Å². The monoisotopic (exact) mass is 554 g/mol. The molecule has 2 aliphatic heterocycles. The van der Waals surface area contributed by atoms with Crippen molar-refractivity contribution in [1.29, 1.82) is 0 Å². The van der Waals surface area contributed by atoms with Gasteiger partial charge in [0.1, 0.15) is 6.04 Å². The SMILES string of the molecule is Cc1nn(-c2ccccc2)c2c1[C@@H](c1cccs1)N1C(=N2)C(Nc2cccc(C(F)(F)F)c2)=Nc2ccccc21. The number of hydrogen-bond donors (Lipinski definition) is 1. The molecule has 0 amide bonds. The van der Waals surface area contributed by atoms with Gasteiger partial charge in [-0.2, -0.15) is 18.3 Å². The Morgan fingerprint density at radius 2 is 1.68 bits per heavy atom. The van der Waals surface area contributed by atoms with Crippen LogP contribution in [0.2, 0.25) is 0 Å². The van der Waals surface area contributed by atoms with Crippen LogP contribution in [-0.2, 0) is 6.18 Å². The van der Waals surface area contributed by atoms with Gasteiger partial charge in [-0.15, -0.1) is 11.3 Å². The zero-order valence-electron chi connectivity index (χ0n) is 21.1. The van der Waals surface area contributed by atoms with Crippen LogP contribution in [0.15, 0.2) is 106 Å². The number of rotatable bonds is 3. The standard InChI is InChI=1S/C30H21F3N6S/c1-18-25-26(24-15-8-16-40-24)38-23-14-6-5-13-22(23)35-27(34-20-10-7-9-19(17-20)30(31,32)33)29(38)36-28(25)39(37-18)21-11-3-2-4-12-21/h2-17,26H,1H3,(H,34,35)/t26-/m1/s1. The number of anilines is 2. The fourth-order valence-electron chi connectivity index (χ4n) is 5.17. The van der Waals surface area contributed by atoms with Crippen LogP contribution in [-0.4, -0.2) is 21.5 Å². The summed E-state index contributed by atoms with van der Waals surface area (Å²) >= 11 is 1.63. The third kappa shape index (κ3) is 3.99. The molecule has 0 fully saturated rings. The number of alkyl halides is 3. The maximum atomic E-state index is 13.5. The zero-order chi connectivity index (χ0) is 27.4. The van der Waals surface area contributed by atoms with Crippen molar-refractivity contribution in [3.63, 3.8) is 0 Å². The molecule has 7 rings (SSSR count). The van der Waals surface area contributed by atoms with Crippen molar-refractivity contribution in [2.24, 2.45) is 9.98 Å². The predicted molar refractivity (Wildman–Crippen MR) is 153 cm³/mol. The molecule has 198 valence electrons. The highest BCUT2D eigenvalue weighted by atomic mass is 32.1. The molecular formula is C30H21F3N6S. The van der Waals surface area contributed by atoms with Gasteiger partial charge in [0.05, 0.1) is 28.3 Å². The highest BCUT2D eigenvalue weighted by Crippen LogP contribution is 2.49. The summed E-state index contributed by atoms with van der Waals surface area (Å²) in [4.78, 5) is 13.1. The van der Waals surface area contributed by atoms with Crippen LogP contribution in [0.5, 0.6) is 0 Å². The van der Waals surface area contributed by atoms with E-state index < -0.39 is 11.7 Å². The van der Waals surface area contributed by atoms with E-state index in [1.165, 1.54) is 6.07 Å². The lowest BCUT2D eigenvalue weighted by atomic mass is 9.98. The molecule has 0 saturated heterocycles. The second kappa shape index (κ2) is 9.20. The molecule has 0 saturated carbocycles. The Hall–Kier alpha value is -4.70. The molecule has 6 nitrogen and oxygen atoms in total. The fraction of sp³-hybridized carbons (Fsp3) is 0.100. The Labute approximate surface area is 231 Å². The average Bonchev–Trinajstić information content (AvgIpc) is 3.61. The van der Waals surface area contributed by atoms with E-state index >= 15 is 0 Å². The van der Waals surface area contributed by atoms with Crippen molar-refractivity contribution in [1.82, 2.24) is 9.78 Å². The van der Waals surface area contributed by atoms with Crippen molar-refractivity contribution < 1.29 is 13.2 Å². The second-order valence-electron chi connectivity index (χ2n) is 9.45. The average molecular weight is 555 g/mol. The molecule has 2 aliphatic rings. The number of amidine groups is 2. The first-order valence-electron chi connectivity index (χ1n) is 12.6. The number of thiophene rings is 1. The van der Waals surface area contributed by atoms with Gasteiger partial charge < -0.3 is 10.2 Å². The Kier molecular flexibility index (Phi) is 5.60. The topological polar surface area (TPSA) is 57.8 Å². The van der Waals surface area contributed by atoms with Gasteiger partial charge in [-0.1, -0.05) is 42.5 Å². The molecule has 0 bridgehead atoms. The van der Waals surface area contributed by atoms with Gasteiger partial charge in [-0.3, -0.25) is 0 Å². The van der Waals surface area contributed by atoms with E-state index in [9.17, 15) is 13.2 Å². The Balaban J connectivity index is 1.46. The number of nitrogens with one attached hydrogen (secondary N) is 1. The number of para-hydroxylation sites is 3. The third-order valence-corrected chi connectivity index (χ3v) is 7.83. The molecule has 2 aromatic heterocycles. The fourth-order valence-corrected chi connectivity index (χ4v) is 6.00. The summed E-state index contributed by atoms with van der Waals surface area (Å²) in [5, 5.41) is 10.1. The summed E-state index contributed by atoms with van der Waals surface area (Å²) in [5.41, 5.74) is 3.73. The largest absolute Gasteiger partial charge is 0.416 e. The molecule has 4 heterocycles. The lowest BCUT2D eigenvalue weighted by Crippen LogP contribution is -2.46. The molecule has 0 radical (unpaired) electrons. The molecule has 0 spiro atoms. The molecule has 0 unspecified atom stereocenters. The number of aryl methyl sites for hydroxylation is 1. The molecule has 3 aromatic carbocycles. The first-order valence-corrected chi connectivity index (χ1v) is 13.4. The maximum Gasteiger partial charge on any atom is 0.416 e. The minimum atomic E-state index is -4.47. The normalized spacial score (nSPS) is 16.0. The highest BCUT2D eigenvalue weighted by Gasteiger charge is 2.42. The highest BCUT2D eigenvalue weighted by molar-refractivity contribution is 7.10. The molecular weight excluding hydrogens is 533 g/mol. The van der Waals surface area contributed by atoms with E-state index in [1.807, 2.05) is 77.6 Å². The lowest BCUT2D eigenvalue weighted by Gasteiger charge is -2.40. The van der Waals surface area contributed by atoms with Crippen LogP contribution >= 0.6 is 11.3 Å². The van der Waals surface area contributed by atoms with Gasteiger partial charge in [0.2, 0.25) is 0 Å². The first-order chi connectivity index (χ1) is 19.4. The summed E-state index contributed by atoms with van der Waals surface area (Å²) in [6, 6.07) is 26.4. The molecule has 1 atom stereocenters. The minimum absolute atomic E-state index is 0.266. The van der Waals surface area contributed by atoms with Crippen LogP contribution in [0.1, 0.15) is 27.7 Å². The Bertz CT molecular complexity index is 1790. The lowest BCUT2D eigenvalue weighted by molar-refractivity contribution is -0.137. The van der Waals surface area contributed by atoms with E-state index in [0.717, 1.165) is 39.6 Å². The van der Waals surface area contributed by atoms with Gasteiger partial charge in [0.15, 0.2) is 17.5 Å². The summed E-state index contributed by atoms with van der Waals surface area (Å²) < 4.78 is 42.3. The Morgan fingerprint density at radius 1 is 0.875 bits per heavy atom. The van der Waals surface area contributed by atoms with Crippen LogP contribution < -0.4 is 10.2 Å². The summed E-state index contributed by atoms with van der Waals surface area (Å²) in [5.74, 6) is 1.51. The number of hydrogen-bond acceptors (Lipinski definition) is 6. The number of benzene rings is 3. The van der Waals surface area contributed by atoms with Crippen molar-refractivity contribution in [2.45, 2.75) is 19.1 Å². The number of aromatic nitrogens is 2. The molecule has 10 heteroatoms. The van der Waals surface area contributed by atoms with E-state index in [-0.39, 0.29) is 11.7 Å². The quantitative estimate of drug-likeness (QED) is 0.245. The maximum absolute atomic E-state index is 13.5. The number of halogens is 3. The van der Waals surface area contributed by atoms with Crippen molar-refractivity contribution in [2.75, 3.05) is 10.2 Å². The van der Waals surface area contributed by atoms with Crippen molar-refractivity contribution in [3.05, 3.63) is 118 Å². The van der Waals surface area contributed by atoms with E-state index in [0.29, 0.717) is 23.2 Å². The van der Waals surface area contributed by atoms with Crippen LogP contribution in [0.4, 0.5) is 36.1 Å². The molecule has 5 aromatic rings. The van der Waals surface area contributed by atoms with Gasteiger partial charge in [0.25, 0.3) is 0 Å². The molecule has 40 heavy (non-hydrogen) atoms. The van der Waals surface area contributed by atoms with Crippen LogP contribution in [0.3, 0.4) is 0 Å². The third-order valence-electron chi connectivity index (χ3n) is 6.90. The van der Waals surface area contributed by atoms with E-state index in [2.05, 4.69) is 16.3 Å². The van der Waals surface area contributed by atoms with Gasteiger partial charge in [-0.25, -0.2) is 14.7 Å².